The predicted molar refractivity (Wildman–Crippen MR) is 131 cm³/mol. The number of para-hydroxylation sites is 1. The van der Waals surface area contributed by atoms with E-state index in [4.69, 9.17) is 14.5 Å². The minimum absolute atomic E-state index is 0. The minimum Gasteiger partial charge on any atom is -0.493 e. The van der Waals surface area contributed by atoms with Gasteiger partial charge in [-0.05, 0) is 36.6 Å². The van der Waals surface area contributed by atoms with Gasteiger partial charge in [-0.15, -0.1) is 24.0 Å². The van der Waals surface area contributed by atoms with E-state index in [-0.39, 0.29) is 24.0 Å². The Kier molecular flexibility index (Phi) is 9.79. The van der Waals surface area contributed by atoms with Crippen molar-refractivity contribution in [1.29, 1.82) is 0 Å². The minimum atomic E-state index is 0. The highest BCUT2D eigenvalue weighted by molar-refractivity contribution is 14.0. The van der Waals surface area contributed by atoms with Crippen LogP contribution < -0.4 is 15.4 Å². The molecule has 0 radical (unpaired) electrons. The van der Waals surface area contributed by atoms with Crippen LogP contribution in [0.15, 0.2) is 59.6 Å². The Balaban J connectivity index is 0.00000300. The lowest BCUT2D eigenvalue weighted by atomic mass is 10.2. The number of aliphatic imine (C=N–C) groups is 1. The van der Waals surface area contributed by atoms with Crippen molar-refractivity contribution in [2.24, 2.45) is 4.99 Å². The molecule has 0 saturated carbocycles. The monoisotopic (exact) mass is 508 g/mol. The van der Waals surface area contributed by atoms with Crippen LogP contribution in [0.2, 0.25) is 0 Å². The van der Waals surface area contributed by atoms with E-state index in [1.165, 1.54) is 5.39 Å². The Morgan fingerprint density at radius 1 is 1.07 bits per heavy atom. The Labute approximate surface area is 189 Å². The second-order valence-electron chi connectivity index (χ2n) is 6.42. The van der Waals surface area contributed by atoms with Crippen LogP contribution in [0.25, 0.3) is 10.9 Å². The Hall–Kier alpha value is -2.26. The van der Waals surface area contributed by atoms with Gasteiger partial charge >= 0.3 is 0 Å². The molecular weight excluding hydrogens is 479 g/mol. The van der Waals surface area contributed by atoms with Gasteiger partial charge in [-0.2, -0.15) is 0 Å². The number of guanidine groups is 1. The number of anilines is 1. The topological polar surface area (TPSA) is 70.7 Å². The first-order valence-electron chi connectivity index (χ1n) is 9.62. The Morgan fingerprint density at radius 3 is 2.72 bits per heavy atom. The number of methoxy groups -OCH3 is 1. The zero-order valence-electron chi connectivity index (χ0n) is 16.9. The lowest BCUT2D eigenvalue weighted by Gasteiger charge is -2.12. The van der Waals surface area contributed by atoms with Gasteiger partial charge in [-0.3, -0.25) is 0 Å². The molecule has 29 heavy (non-hydrogen) atoms. The summed E-state index contributed by atoms with van der Waals surface area (Å²) >= 11 is 0. The third kappa shape index (κ3) is 7.25. The van der Waals surface area contributed by atoms with Gasteiger partial charge in [0.25, 0.3) is 0 Å². The first-order valence-corrected chi connectivity index (χ1v) is 9.62. The number of aromatic nitrogens is 1. The SMILES string of the molecule is CCNC(=NCc1cc2ccccc2[nH]1)Nc1cccc(OCCCOC)c1.I. The van der Waals surface area contributed by atoms with Crippen LogP contribution in [-0.2, 0) is 11.3 Å². The van der Waals surface area contributed by atoms with E-state index in [1.807, 2.05) is 36.4 Å². The average molecular weight is 508 g/mol. The lowest BCUT2D eigenvalue weighted by molar-refractivity contribution is 0.172. The summed E-state index contributed by atoms with van der Waals surface area (Å²) in [4.78, 5) is 8.10. The summed E-state index contributed by atoms with van der Waals surface area (Å²) in [6.45, 7) is 4.73. The van der Waals surface area contributed by atoms with E-state index in [1.54, 1.807) is 7.11 Å². The van der Waals surface area contributed by atoms with E-state index in [0.717, 1.165) is 41.6 Å². The number of nitrogens with one attached hydrogen (secondary N) is 3. The second kappa shape index (κ2) is 12.3. The van der Waals surface area contributed by atoms with Crippen LogP contribution in [-0.4, -0.2) is 37.8 Å². The number of rotatable bonds is 9. The standard InChI is InChI=1S/C22H28N4O2.HI/c1-3-23-22(24-16-19-14-17-8-4-5-11-21(17)25-19)26-18-9-6-10-20(15-18)28-13-7-12-27-2;/h4-6,8-11,14-15,25H,3,7,12-13,16H2,1-2H3,(H2,23,24,26);1H. The van der Waals surface area contributed by atoms with Gasteiger partial charge in [0.15, 0.2) is 5.96 Å². The molecule has 1 aromatic heterocycles. The molecule has 0 aliphatic heterocycles. The molecule has 0 fully saturated rings. The summed E-state index contributed by atoms with van der Waals surface area (Å²) in [5, 5.41) is 7.83. The largest absolute Gasteiger partial charge is 0.493 e. The number of aromatic amines is 1. The van der Waals surface area contributed by atoms with Crippen LogP contribution in [0.4, 0.5) is 5.69 Å². The number of hydrogen-bond donors (Lipinski definition) is 3. The van der Waals surface area contributed by atoms with Crippen LogP contribution >= 0.6 is 24.0 Å². The van der Waals surface area contributed by atoms with E-state index in [9.17, 15) is 0 Å². The number of benzene rings is 2. The first-order chi connectivity index (χ1) is 13.8. The molecule has 0 amide bonds. The van der Waals surface area contributed by atoms with E-state index < -0.39 is 0 Å². The molecule has 0 aliphatic carbocycles. The fourth-order valence-electron chi connectivity index (χ4n) is 2.88. The molecule has 0 spiro atoms. The molecule has 3 N–H and O–H groups in total. The molecule has 7 heteroatoms. The first kappa shape index (κ1) is 23.0. The van der Waals surface area contributed by atoms with E-state index in [0.29, 0.717) is 19.8 Å². The maximum Gasteiger partial charge on any atom is 0.196 e. The summed E-state index contributed by atoms with van der Waals surface area (Å²) in [6.07, 6.45) is 0.864. The fourth-order valence-corrected chi connectivity index (χ4v) is 2.88. The highest BCUT2D eigenvalue weighted by Crippen LogP contribution is 2.18. The quantitative estimate of drug-likeness (QED) is 0.169. The van der Waals surface area contributed by atoms with Gasteiger partial charge in [-0.1, -0.05) is 24.3 Å². The van der Waals surface area contributed by atoms with Gasteiger partial charge in [0.05, 0.1) is 13.2 Å². The van der Waals surface area contributed by atoms with Crippen molar-refractivity contribution in [3.05, 3.63) is 60.3 Å². The van der Waals surface area contributed by atoms with Gasteiger partial charge in [0.1, 0.15) is 5.75 Å². The summed E-state index contributed by atoms with van der Waals surface area (Å²) < 4.78 is 10.8. The molecule has 0 bridgehead atoms. The number of nitrogens with zero attached hydrogens (tertiary/aromatic N) is 1. The molecule has 3 rings (SSSR count). The molecule has 156 valence electrons. The highest BCUT2D eigenvalue weighted by Gasteiger charge is 2.03. The molecule has 0 saturated heterocycles. The van der Waals surface area contributed by atoms with Gasteiger partial charge < -0.3 is 25.1 Å². The zero-order valence-corrected chi connectivity index (χ0v) is 19.2. The second-order valence-corrected chi connectivity index (χ2v) is 6.42. The summed E-state index contributed by atoms with van der Waals surface area (Å²) in [6, 6.07) is 18.3. The maximum atomic E-state index is 5.77. The van der Waals surface area contributed by atoms with E-state index in [2.05, 4.69) is 40.7 Å². The van der Waals surface area contributed by atoms with Crippen LogP contribution in [0.1, 0.15) is 19.0 Å². The fraction of sp³-hybridized carbons (Fsp3) is 0.318. The molecule has 1 heterocycles. The molecule has 3 aromatic rings. The molecule has 0 atom stereocenters. The van der Waals surface area contributed by atoms with Crippen molar-refractivity contribution in [2.45, 2.75) is 19.9 Å². The number of fused-ring (bicyclic) bond motifs is 1. The predicted octanol–water partition coefficient (Wildman–Crippen LogP) is 4.78. The molecular formula is C22H29IN4O2. The van der Waals surface area contributed by atoms with Crippen molar-refractivity contribution in [2.75, 3.05) is 32.2 Å². The molecule has 6 nitrogen and oxygen atoms in total. The Bertz CT molecular complexity index is 877. The van der Waals surface area contributed by atoms with Crippen LogP contribution in [0.3, 0.4) is 0 Å². The normalized spacial score (nSPS) is 11.2. The van der Waals surface area contributed by atoms with Crippen molar-refractivity contribution in [3.8, 4) is 5.75 Å². The third-order valence-electron chi connectivity index (χ3n) is 4.20. The zero-order chi connectivity index (χ0) is 19.6. The van der Waals surface area contributed by atoms with Crippen LogP contribution in [0, 0.1) is 0 Å². The van der Waals surface area contributed by atoms with Crippen molar-refractivity contribution >= 4 is 46.5 Å². The summed E-state index contributed by atoms with van der Waals surface area (Å²) in [5.41, 5.74) is 3.14. The highest BCUT2D eigenvalue weighted by atomic mass is 127. The molecule has 0 aliphatic rings. The third-order valence-corrected chi connectivity index (χ3v) is 4.20. The van der Waals surface area contributed by atoms with E-state index >= 15 is 0 Å². The van der Waals surface area contributed by atoms with Crippen molar-refractivity contribution in [3.63, 3.8) is 0 Å². The van der Waals surface area contributed by atoms with Gasteiger partial charge in [0, 0.05) is 49.6 Å². The number of ether oxygens (including phenoxy) is 2. The van der Waals surface area contributed by atoms with Crippen molar-refractivity contribution in [1.82, 2.24) is 10.3 Å². The van der Waals surface area contributed by atoms with Crippen LogP contribution in [0.5, 0.6) is 5.75 Å². The Morgan fingerprint density at radius 2 is 1.93 bits per heavy atom. The van der Waals surface area contributed by atoms with Crippen molar-refractivity contribution < 1.29 is 9.47 Å². The summed E-state index contributed by atoms with van der Waals surface area (Å²) in [7, 11) is 1.70. The maximum absolute atomic E-state index is 5.77. The van der Waals surface area contributed by atoms with Gasteiger partial charge in [0.2, 0.25) is 0 Å². The molecule has 2 aromatic carbocycles. The average Bonchev–Trinajstić information content (AvgIpc) is 3.13. The van der Waals surface area contributed by atoms with Gasteiger partial charge in [-0.25, -0.2) is 4.99 Å². The molecule has 0 unspecified atom stereocenters. The summed E-state index contributed by atoms with van der Waals surface area (Å²) in [5.74, 6) is 1.56. The number of halogens is 1. The lowest BCUT2D eigenvalue weighted by Crippen LogP contribution is -2.30. The number of H-pyrrole nitrogens is 1. The number of hydrogen-bond acceptors (Lipinski definition) is 3. The smallest absolute Gasteiger partial charge is 0.196 e.